The van der Waals surface area contributed by atoms with Crippen molar-refractivity contribution in [3.05, 3.63) is 48.5 Å². The first-order valence-electron chi connectivity index (χ1n) is 7.09. The molecule has 0 saturated carbocycles. The zero-order valence-corrected chi connectivity index (χ0v) is 13.8. The SMILES string of the molecule is CSc1ccccc1NC(=O)COC(=O)COc1ccccc1O. The maximum absolute atomic E-state index is 11.8. The van der Waals surface area contributed by atoms with Crippen molar-refractivity contribution in [3.8, 4) is 11.5 Å². The number of rotatable bonds is 7. The molecule has 126 valence electrons. The van der Waals surface area contributed by atoms with E-state index >= 15 is 0 Å². The molecule has 24 heavy (non-hydrogen) atoms. The van der Waals surface area contributed by atoms with Crippen LogP contribution in [0.3, 0.4) is 0 Å². The van der Waals surface area contributed by atoms with Gasteiger partial charge in [-0.3, -0.25) is 4.79 Å². The van der Waals surface area contributed by atoms with Crippen LogP contribution in [0.1, 0.15) is 0 Å². The number of phenols is 1. The average molecular weight is 347 g/mol. The Morgan fingerprint density at radius 1 is 1.08 bits per heavy atom. The maximum atomic E-state index is 11.8. The van der Waals surface area contributed by atoms with Gasteiger partial charge in [0.2, 0.25) is 0 Å². The standard InChI is InChI=1S/C17H17NO5S/c1-24-15-9-5-2-6-12(15)18-16(20)10-23-17(21)11-22-14-8-4-3-7-13(14)19/h2-9,19H,10-11H2,1H3,(H,18,20). The van der Waals surface area contributed by atoms with E-state index in [0.29, 0.717) is 5.69 Å². The van der Waals surface area contributed by atoms with Crippen molar-refractivity contribution in [2.24, 2.45) is 0 Å². The van der Waals surface area contributed by atoms with Gasteiger partial charge in [-0.15, -0.1) is 11.8 Å². The summed E-state index contributed by atoms with van der Waals surface area (Å²) in [5.74, 6) is -1.04. The molecule has 2 aromatic carbocycles. The molecule has 0 spiro atoms. The molecular formula is C17H17NO5S. The first-order chi connectivity index (χ1) is 11.6. The van der Waals surface area contributed by atoms with E-state index in [9.17, 15) is 14.7 Å². The Morgan fingerprint density at radius 2 is 1.79 bits per heavy atom. The van der Waals surface area contributed by atoms with Crippen LogP contribution in [0.15, 0.2) is 53.4 Å². The van der Waals surface area contributed by atoms with Crippen LogP contribution in [0.25, 0.3) is 0 Å². The summed E-state index contributed by atoms with van der Waals surface area (Å²) in [5.41, 5.74) is 0.663. The van der Waals surface area contributed by atoms with Crippen molar-refractivity contribution in [2.75, 3.05) is 24.8 Å². The van der Waals surface area contributed by atoms with Crippen molar-refractivity contribution in [3.63, 3.8) is 0 Å². The van der Waals surface area contributed by atoms with Crippen molar-refractivity contribution in [1.29, 1.82) is 0 Å². The molecule has 0 aliphatic heterocycles. The Labute approximate surface area is 143 Å². The van der Waals surface area contributed by atoms with Crippen LogP contribution in [-0.2, 0) is 14.3 Å². The Morgan fingerprint density at radius 3 is 2.54 bits per heavy atom. The molecule has 2 rings (SSSR count). The largest absolute Gasteiger partial charge is 0.504 e. The molecule has 6 nitrogen and oxygen atoms in total. The van der Waals surface area contributed by atoms with E-state index in [1.54, 1.807) is 18.2 Å². The van der Waals surface area contributed by atoms with Crippen molar-refractivity contribution in [1.82, 2.24) is 0 Å². The number of thioether (sulfide) groups is 1. The van der Waals surface area contributed by atoms with Gasteiger partial charge in [0.05, 0.1) is 5.69 Å². The molecule has 0 saturated heterocycles. The molecule has 0 unspecified atom stereocenters. The first kappa shape index (κ1) is 17.7. The molecule has 7 heteroatoms. The molecule has 0 atom stereocenters. The number of aromatic hydroxyl groups is 1. The van der Waals surface area contributed by atoms with Crippen molar-refractivity contribution >= 4 is 29.3 Å². The predicted octanol–water partition coefficient (Wildman–Crippen LogP) is 2.67. The number of amides is 1. The highest BCUT2D eigenvalue weighted by atomic mass is 32.2. The molecule has 0 aliphatic carbocycles. The lowest BCUT2D eigenvalue weighted by Crippen LogP contribution is -2.23. The van der Waals surface area contributed by atoms with Gasteiger partial charge in [-0.1, -0.05) is 24.3 Å². The lowest BCUT2D eigenvalue weighted by atomic mass is 10.3. The van der Waals surface area contributed by atoms with Crippen LogP contribution in [-0.4, -0.2) is 36.5 Å². The van der Waals surface area contributed by atoms with E-state index in [4.69, 9.17) is 9.47 Å². The van der Waals surface area contributed by atoms with Gasteiger partial charge in [0, 0.05) is 4.90 Å². The fourth-order valence-electron chi connectivity index (χ4n) is 1.84. The summed E-state index contributed by atoms with van der Waals surface area (Å²) in [4.78, 5) is 24.3. The summed E-state index contributed by atoms with van der Waals surface area (Å²) in [6.45, 7) is -0.808. The minimum absolute atomic E-state index is 0.0725. The lowest BCUT2D eigenvalue weighted by Gasteiger charge is -2.10. The number of nitrogens with one attached hydrogen (secondary N) is 1. The molecule has 0 bridgehead atoms. The smallest absolute Gasteiger partial charge is 0.344 e. The van der Waals surface area contributed by atoms with Crippen LogP contribution in [0.2, 0.25) is 0 Å². The summed E-state index contributed by atoms with van der Waals surface area (Å²) in [7, 11) is 0. The van der Waals surface area contributed by atoms with Gasteiger partial charge in [-0.05, 0) is 30.5 Å². The summed E-state index contributed by atoms with van der Waals surface area (Å²) < 4.78 is 9.97. The average Bonchev–Trinajstić information content (AvgIpc) is 2.59. The number of carbonyl (C=O) groups excluding carboxylic acids is 2. The van der Waals surface area contributed by atoms with Crippen LogP contribution in [0.5, 0.6) is 11.5 Å². The number of esters is 1. The Kier molecular flexibility index (Phi) is 6.51. The first-order valence-corrected chi connectivity index (χ1v) is 8.32. The predicted molar refractivity (Wildman–Crippen MR) is 91.4 cm³/mol. The highest BCUT2D eigenvalue weighted by Gasteiger charge is 2.11. The molecule has 2 N–H and O–H groups in total. The van der Waals surface area contributed by atoms with Gasteiger partial charge < -0.3 is 19.9 Å². The van der Waals surface area contributed by atoms with Crippen LogP contribution < -0.4 is 10.1 Å². The number of para-hydroxylation sites is 3. The van der Waals surface area contributed by atoms with Gasteiger partial charge in [-0.25, -0.2) is 4.79 Å². The number of anilines is 1. The van der Waals surface area contributed by atoms with Crippen LogP contribution >= 0.6 is 11.8 Å². The lowest BCUT2D eigenvalue weighted by molar-refractivity contribution is -0.149. The van der Waals surface area contributed by atoms with E-state index < -0.39 is 25.1 Å². The quantitative estimate of drug-likeness (QED) is 0.592. The third kappa shape index (κ3) is 5.20. The fourth-order valence-corrected chi connectivity index (χ4v) is 2.39. The molecule has 0 heterocycles. The number of carbonyl (C=O) groups is 2. The molecular weight excluding hydrogens is 330 g/mol. The van der Waals surface area contributed by atoms with Gasteiger partial charge in [-0.2, -0.15) is 0 Å². The van der Waals surface area contributed by atoms with E-state index in [-0.39, 0.29) is 11.5 Å². The highest BCUT2D eigenvalue weighted by Crippen LogP contribution is 2.25. The number of benzene rings is 2. The molecule has 2 aromatic rings. The Hall–Kier alpha value is -2.67. The Bertz CT molecular complexity index is 720. The second-order valence-corrected chi connectivity index (χ2v) is 5.51. The topological polar surface area (TPSA) is 84.9 Å². The highest BCUT2D eigenvalue weighted by molar-refractivity contribution is 7.98. The minimum Gasteiger partial charge on any atom is -0.504 e. The van der Waals surface area contributed by atoms with Gasteiger partial charge in [0.15, 0.2) is 24.7 Å². The molecule has 0 radical (unpaired) electrons. The minimum atomic E-state index is -0.702. The Balaban J connectivity index is 1.77. The number of ether oxygens (including phenoxy) is 2. The number of hydrogen-bond donors (Lipinski definition) is 2. The monoisotopic (exact) mass is 347 g/mol. The maximum Gasteiger partial charge on any atom is 0.344 e. The molecule has 1 amide bonds. The summed E-state index contributed by atoms with van der Waals surface area (Å²) in [5, 5.41) is 12.2. The third-order valence-electron chi connectivity index (χ3n) is 2.96. The summed E-state index contributed by atoms with van der Waals surface area (Å²) in [6, 6.07) is 13.6. The fraction of sp³-hybridized carbons (Fsp3) is 0.176. The molecule has 0 fully saturated rings. The van der Waals surface area contributed by atoms with Crippen molar-refractivity contribution in [2.45, 2.75) is 4.90 Å². The van der Waals surface area contributed by atoms with E-state index in [1.807, 2.05) is 24.5 Å². The van der Waals surface area contributed by atoms with E-state index in [2.05, 4.69) is 5.32 Å². The van der Waals surface area contributed by atoms with Crippen LogP contribution in [0.4, 0.5) is 5.69 Å². The second-order valence-electron chi connectivity index (χ2n) is 4.67. The molecule has 0 aromatic heterocycles. The van der Waals surface area contributed by atoms with Gasteiger partial charge >= 0.3 is 5.97 Å². The summed E-state index contributed by atoms with van der Waals surface area (Å²) in [6.07, 6.45) is 1.90. The third-order valence-corrected chi connectivity index (χ3v) is 3.75. The number of phenolic OH excluding ortho intramolecular Hbond substituents is 1. The van der Waals surface area contributed by atoms with E-state index in [0.717, 1.165) is 4.90 Å². The van der Waals surface area contributed by atoms with Gasteiger partial charge in [0.25, 0.3) is 5.91 Å². The second kappa shape index (κ2) is 8.83. The number of hydrogen-bond acceptors (Lipinski definition) is 6. The normalized spacial score (nSPS) is 10.0. The summed E-state index contributed by atoms with van der Waals surface area (Å²) >= 11 is 1.50. The zero-order valence-electron chi connectivity index (χ0n) is 13.0. The van der Waals surface area contributed by atoms with Crippen LogP contribution in [0, 0.1) is 0 Å². The van der Waals surface area contributed by atoms with E-state index in [1.165, 1.54) is 23.9 Å². The van der Waals surface area contributed by atoms with Gasteiger partial charge in [0.1, 0.15) is 0 Å². The zero-order chi connectivity index (χ0) is 17.4. The van der Waals surface area contributed by atoms with Crippen molar-refractivity contribution < 1.29 is 24.2 Å². The molecule has 0 aliphatic rings.